The van der Waals surface area contributed by atoms with Crippen LogP contribution in [0.25, 0.3) is 22.0 Å². The number of carboxylic acid groups (broad SMARTS) is 1. The summed E-state index contributed by atoms with van der Waals surface area (Å²) in [7, 11) is 4.39. The number of aliphatic carboxylic acids is 1. The van der Waals surface area contributed by atoms with Gasteiger partial charge < -0.3 is 45.0 Å². The lowest BCUT2D eigenvalue weighted by molar-refractivity contribution is -0.896. The highest BCUT2D eigenvalue weighted by Gasteiger charge is 2.29. The van der Waals surface area contributed by atoms with Crippen molar-refractivity contribution in [3.05, 3.63) is 124 Å². The molecule has 1 aliphatic rings. The fourth-order valence-corrected chi connectivity index (χ4v) is 6.92. The molecule has 16 heteroatoms. The standard InChI is InChI=1S/C43H49N5O6.C2HF3O2/c1-48(2)25-22-33(23-26-48)54-43(53)46-37-27-30(12-16-34(37)31-8-4-3-5-9-31)13-20-40(51)45-32-14-10-29(11-15-32)7-6-24-44-28-39(50)35-17-19-38(49)42-36(35)18-21-41(52)47-42;3-2(4,5)1(6)7/h3-5,8-12,14-19,21,27,33,39,44,50H,6-7,13,20,22-26,28H2,1-2H3,(H3-,45,46,47,49,51,52,53);(H,6,7)/t39-;/m0./s1. The molecule has 0 unspecified atom stereocenters. The molecule has 0 saturated carbocycles. The first kappa shape index (κ1) is 45.8. The number of aliphatic hydroxyl groups excluding tert-OH is 1. The van der Waals surface area contributed by atoms with E-state index < -0.39 is 24.3 Å². The van der Waals surface area contributed by atoms with Crippen LogP contribution in [-0.4, -0.2) is 90.2 Å². The maximum atomic E-state index is 13.0. The van der Waals surface area contributed by atoms with Gasteiger partial charge in [0.05, 0.1) is 44.5 Å². The first-order valence-electron chi connectivity index (χ1n) is 19.9. The second-order valence-electron chi connectivity index (χ2n) is 15.5. The number of aliphatic hydroxyl groups is 1. The van der Waals surface area contributed by atoms with E-state index in [-0.39, 0.29) is 29.7 Å². The van der Waals surface area contributed by atoms with Gasteiger partial charge in [0.2, 0.25) is 11.5 Å². The topological polar surface area (TPSA) is 193 Å². The predicted molar refractivity (Wildman–Crippen MR) is 224 cm³/mol. The van der Waals surface area contributed by atoms with Crippen LogP contribution in [-0.2, 0) is 27.2 Å². The summed E-state index contributed by atoms with van der Waals surface area (Å²) in [4.78, 5) is 49.0. The Morgan fingerprint density at radius 2 is 1.57 bits per heavy atom. The quantitative estimate of drug-likeness (QED) is 0.0591. The molecule has 1 aliphatic heterocycles. The van der Waals surface area contributed by atoms with Crippen molar-refractivity contribution >= 4 is 40.2 Å². The number of aromatic hydroxyl groups is 1. The Labute approximate surface area is 350 Å². The second kappa shape index (κ2) is 20.8. The molecule has 1 aromatic heterocycles. The third kappa shape index (κ3) is 13.9. The number of nitrogens with one attached hydrogen (secondary N) is 4. The van der Waals surface area contributed by atoms with Gasteiger partial charge in [-0.2, -0.15) is 13.2 Å². The number of phenols is 1. The van der Waals surface area contributed by atoms with Crippen molar-refractivity contribution in [2.75, 3.05) is 50.9 Å². The van der Waals surface area contributed by atoms with Gasteiger partial charge in [-0.1, -0.05) is 60.7 Å². The number of benzene rings is 4. The molecule has 0 bridgehead atoms. The molecular formula is C45H50F3N5O8. The van der Waals surface area contributed by atoms with E-state index in [0.717, 1.165) is 71.2 Å². The van der Waals surface area contributed by atoms with Crippen LogP contribution in [0, 0.1) is 0 Å². The molecule has 1 saturated heterocycles. The number of fused-ring (bicyclic) bond motifs is 1. The van der Waals surface area contributed by atoms with Gasteiger partial charge in [-0.3, -0.25) is 14.9 Å². The first-order chi connectivity index (χ1) is 29.0. The largest absolute Gasteiger partial charge is 0.542 e. The lowest BCUT2D eigenvalue weighted by atomic mass is 9.99. The normalized spacial score (nSPS) is 14.3. The van der Waals surface area contributed by atoms with Gasteiger partial charge in [0.15, 0.2) is 0 Å². The number of pyridine rings is 1. The Morgan fingerprint density at radius 1 is 0.902 bits per heavy atom. The number of halogens is 3. The number of hydrogen-bond donors (Lipinski definition) is 6. The summed E-state index contributed by atoms with van der Waals surface area (Å²) in [5, 5.41) is 39.5. The average Bonchev–Trinajstić information content (AvgIpc) is 3.22. The number of carbonyl (C=O) groups is 3. The second-order valence-corrected chi connectivity index (χ2v) is 15.5. The van der Waals surface area contributed by atoms with Crippen LogP contribution in [0.1, 0.15) is 48.5 Å². The number of anilines is 2. The maximum Gasteiger partial charge on any atom is 0.430 e. The molecule has 6 N–H and O–H groups in total. The van der Waals surface area contributed by atoms with Crippen molar-refractivity contribution in [2.24, 2.45) is 0 Å². The van der Waals surface area contributed by atoms with Gasteiger partial charge in [-0.15, -0.1) is 0 Å². The smallest absolute Gasteiger partial charge is 0.430 e. The molecule has 5 aromatic rings. The summed E-state index contributed by atoms with van der Waals surface area (Å²) in [5.41, 5.74) is 5.93. The van der Waals surface area contributed by atoms with Crippen molar-refractivity contribution in [1.82, 2.24) is 10.3 Å². The van der Waals surface area contributed by atoms with Gasteiger partial charge in [0, 0.05) is 48.5 Å². The Hall–Kier alpha value is -6.23. The van der Waals surface area contributed by atoms with E-state index in [1.54, 1.807) is 12.1 Å². The van der Waals surface area contributed by atoms with E-state index >= 15 is 0 Å². The minimum absolute atomic E-state index is 0.0383. The number of carboxylic acids is 1. The highest BCUT2D eigenvalue weighted by Crippen LogP contribution is 2.31. The molecule has 4 aromatic carbocycles. The number of carbonyl (C=O) groups excluding carboxylic acids is 3. The lowest BCUT2D eigenvalue weighted by Gasteiger charge is -2.36. The number of nitrogens with zero attached hydrogens (tertiary/aromatic N) is 1. The number of piperidine rings is 1. The monoisotopic (exact) mass is 845 g/mol. The highest BCUT2D eigenvalue weighted by atomic mass is 19.4. The minimum Gasteiger partial charge on any atom is -0.542 e. The molecule has 2 amide bonds. The number of aromatic nitrogens is 1. The van der Waals surface area contributed by atoms with Crippen LogP contribution in [0.5, 0.6) is 5.75 Å². The van der Waals surface area contributed by atoms with Crippen molar-refractivity contribution in [2.45, 2.75) is 56.9 Å². The number of aromatic amines is 1. The Balaban J connectivity index is 0.000000925. The van der Waals surface area contributed by atoms with E-state index in [1.165, 1.54) is 12.1 Å². The van der Waals surface area contributed by atoms with Crippen LogP contribution in [0.15, 0.2) is 102 Å². The zero-order valence-electron chi connectivity index (χ0n) is 33.9. The summed E-state index contributed by atoms with van der Waals surface area (Å²) in [6.07, 6.45) is -2.45. The number of likely N-dealkylation sites (tertiary alicyclic amines) is 1. The van der Waals surface area contributed by atoms with E-state index in [4.69, 9.17) is 14.6 Å². The van der Waals surface area contributed by atoms with Crippen molar-refractivity contribution in [3.63, 3.8) is 0 Å². The molecule has 0 aliphatic carbocycles. The molecule has 0 spiro atoms. The van der Waals surface area contributed by atoms with Crippen molar-refractivity contribution < 1.29 is 52.1 Å². The molecule has 13 nitrogen and oxygen atoms in total. The molecule has 1 fully saturated rings. The molecular weight excluding hydrogens is 796 g/mol. The molecule has 61 heavy (non-hydrogen) atoms. The maximum absolute atomic E-state index is 13.0. The molecule has 0 radical (unpaired) electrons. The summed E-state index contributed by atoms with van der Waals surface area (Å²) >= 11 is 0. The lowest BCUT2D eigenvalue weighted by Crippen LogP contribution is -2.48. The van der Waals surface area contributed by atoms with Crippen LogP contribution in [0.3, 0.4) is 0 Å². The number of ether oxygens (including phenoxy) is 1. The molecule has 1 atom stereocenters. The fourth-order valence-electron chi connectivity index (χ4n) is 6.92. The number of aryl methyl sites for hydroxylation is 2. The summed E-state index contributed by atoms with van der Waals surface area (Å²) in [6.45, 7) is 2.94. The van der Waals surface area contributed by atoms with Gasteiger partial charge >= 0.3 is 12.3 Å². The SMILES string of the molecule is C[N+]1(C)CCC(OC(=O)Nc2cc(CCC(=O)Nc3ccc(CCCNC[C@H](O)c4ccc(O)c5[nH]c(=O)ccc45)cc3)ccc2-c2ccccc2)CC1.O=C([O-])C(F)(F)F. The zero-order valence-corrected chi connectivity index (χ0v) is 33.9. The van der Waals surface area contributed by atoms with Gasteiger partial charge in [-0.25, -0.2) is 4.79 Å². The number of phenolic OH excluding ortho intramolecular Hbond substituents is 1. The van der Waals surface area contributed by atoms with Crippen molar-refractivity contribution in [3.8, 4) is 16.9 Å². The van der Waals surface area contributed by atoms with Gasteiger partial charge in [0.1, 0.15) is 17.8 Å². The highest BCUT2D eigenvalue weighted by molar-refractivity contribution is 5.93. The average molecular weight is 846 g/mol. The van der Waals surface area contributed by atoms with E-state index in [0.29, 0.717) is 41.7 Å². The third-order valence-electron chi connectivity index (χ3n) is 10.3. The van der Waals surface area contributed by atoms with E-state index in [9.17, 15) is 37.8 Å². The van der Waals surface area contributed by atoms with Crippen molar-refractivity contribution in [1.29, 1.82) is 0 Å². The zero-order chi connectivity index (χ0) is 44.2. The molecule has 324 valence electrons. The number of alkyl halides is 3. The summed E-state index contributed by atoms with van der Waals surface area (Å²) in [5.74, 6) is -3.14. The third-order valence-corrected chi connectivity index (χ3v) is 10.3. The number of amides is 2. The summed E-state index contributed by atoms with van der Waals surface area (Å²) < 4.78 is 38.3. The molecule has 6 rings (SSSR count). The number of rotatable bonds is 14. The van der Waals surface area contributed by atoms with E-state index in [2.05, 4.69) is 35.0 Å². The number of hydrogen-bond acceptors (Lipinski definition) is 9. The number of quaternary nitrogens is 1. The Bertz CT molecular complexity index is 2330. The van der Waals surface area contributed by atoms with Crippen LogP contribution >= 0.6 is 0 Å². The first-order valence-corrected chi connectivity index (χ1v) is 19.9. The number of H-pyrrole nitrogens is 1. The minimum atomic E-state index is -5.19. The predicted octanol–water partition coefficient (Wildman–Crippen LogP) is 5.81. The van der Waals surface area contributed by atoms with E-state index in [1.807, 2.05) is 72.8 Å². The molecule has 2 heterocycles. The fraction of sp³-hybridized carbons (Fsp3) is 0.333. The van der Waals surface area contributed by atoms with Crippen LogP contribution < -0.4 is 26.6 Å². The van der Waals surface area contributed by atoms with Crippen LogP contribution in [0.2, 0.25) is 0 Å². The Morgan fingerprint density at radius 3 is 2.25 bits per heavy atom. The van der Waals surface area contributed by atoms with Gasteiger partial charge in [0.25, 0.3) is 0 Å². The summed E-state index contributed by atoms with van der Waals surface area (Å²) in [6, 6.07) is 29.7. The Kier molecular flexibility index (Phi) is 15.7. The van der Waals surface area contributed by atoms with Gasteiger partial charge in [-0.05, 0) is 78.4 Å². The van der Waals surface area contributed by atoms with Crippen LogP contribution in [0.4, 0.5) is 29.3 Å².